The van der Waals surface area contributed by atoms with Crippen molar-refractivity contribution in [1.82, 2.24) is 3.97 Å². The van der Waals surface area contributed by atoms with Crippen molar-refractivity contribution in [2.45, 2.75) is 0 Å². The maximum absolute atomic E-state index is 13.3. The molecule has 0 saturated heterocycles. The number of fused-ring (bicyclic) bond motifs is 1. The molecule has 0 atom stereocenters. The first-order chi connectivity index (χ1) is 6.77. The van der Waals surface area contributed by atoms with Gasteiger partial charge in [-0.1, -0.05) is 0 Å². The molecule has 0 fully saturated rings. The van der Waals surface area contributed by atoms with Crippen molar-refractivity contribution in [3.8, 4) is 6.07 Å². The zero-order chi connectivity index (χ0) is 10.1. The number of aromatic nitrogens is 1. The van der Waals surface area contributed by atoms with E-state index < -0.39 is 0 Å². The second kappa shape index (κ2) is 3.79. The highest BCUT2D eigenvalue weighted by molar-refractivity contribution is 14.2. The topological polar surface area (TPSA) is 28.7 Å². The molecule has 0 saturated carbocycles. The summed E-state index contributed by atoms with van der Waals surface area (Å²) in [5.41, 5.74) is 1.14. The summed E-state index contributed by atoms with van der Waals surface area (Å²) in [5.74, 6) is -0.289. The minimum absolute atomic E-state index is 0.289. The van der Waals surface area contributed by atoms with Gasteiger partial charge in [-0.05, 0) is 18.2 Å². The van der Waals surface area contributed by atoms with Crippen LogP contribution in [0, 0.1) is 17.1 Å². The van der Waals surface area contributed by atoms with E-state index in [0.29, 0.717) is 16.5 Å². The van der Waals surface area contributed by atoms with E-state index in [4.69, 9.17) is 5.26 Å². The van der Waals surface area contributed by atoms with Crippen LogP contribution < -0.4 is 0 Å². The number of hydrogen-bond donors (Lipinski definition) is 0. The first-order valence-corrected chi connectivity index (χ1v) is 7.08. The first kappa shape index (κ1) is 9.80. The van der Waals surface area contributed by atoms with E-state index in [9.17, 15) is 4.39 Å². The summed E-state index contributed by atoms with van der Waals surface area (Å²) in [6, 6.07) is 6.56. The normalized spacial score (nSPS) is 10.4. The van der Waals surface area contributed by atoms with Crippen LogP contribution in [0.15, 0.2) is 24.4 Å². The Balaban J connectivity index is 2.90. The SMILES string of the molecule is N#Cc1ccc(F)c2ccn(SI)c12. The van der Waals surface area contributed by atoms with Crippen molar-refractivity contribution in [3.05, 3.63) is 35.8 Å². The van der Waals surface area contributed by atoms with Crippen molar-refractivity contribution in [2.24, 2.45) is 0 Å². The van der Waals surface area contributed by atoms with E-state index in [1.807, 2.05) is 0 Å². The van der Waals surface area contributed by atoms with Gasteiger partial charge in [0.2, 0.25) is 0 Å². The number of rotatable bonds is 1. The standard InChI is InChI=1S/C9H4FIN2S/c10-8-2-1-6(5-12)9-7(8)3-4-13(9)14-11/h1-4H. The Morgan fingerprint density at radius 2 is 2.21 bits per heavy atom. The van der Waals surface area contributed by atoms with Gasteiger partial charge in [0.05, 0.1) is 11.1 Å². The van der Waals surface area contributed by atoms with Crippen molar-refractivity contribution >= 4 is 41.2 Å². The van der Waals surface area contributed by atoms with Gasteiger partial charge in [-0.15, -0.1) is 0 Å². The highest BCUT2D eigenvalue weighted by Crippen LogP contribution is 2.28. The van der Waals surface area contributed by atoms with Crippen LogP contribution in [0.4, 0.5) is 4.39 Å². The molecule has 1 aromatic heterocycles. The largest absolute Gasteiger partial charge is 0.281 e. The number of nitriles is 1. The van der Waals surface area contributed by atoms with Crippen LogP contribution in [0.5, 0.6) is 0 Å². The van der Waals surface area contributed by atoms with Gasteiger partial charge in [0.25, 0.3) is 0 Å². The van der Waals surface area contributed by atoms with Crippen LogP contribution in [0.2, 0.25) is 0 Å². The lowest BCUT2D eigenvalue weighted by Gasteiger charge is -2.00. The molecule has 14 heavy (non-hydrogen) atoms. The van der Waals surface area contributed by atoms with Crippen LogP contribution in [0.1, 0.15) is 5.56 Å². The summed E-state index contributed by atoms with van der Waals surface area (Å²) in [4.78, 5) is 0. The van der Waals surface area contributed by atoms with Crippen LogP contribution in [-0.2, 0) is 0 Å². The van der Waals surface area contributed by atoms with E-state index in [-0.39, 0.29) is 5.82 Å². The summed E-state index contributed by atoms with van der Waals surface area (Å²) < 4.78 is 15.1. The molecule has 0 aliphatic carbocycles. The third kappa shape index (κ3) is 1.38. The molecule has 0 N–H and O–H groups in total. The molecule has 0 spiro atoms. The summed E-state index contributed by atoms with van der Waals surface area (Å²) in [5, 5.41) is 9.36. The monoisotopic (exact) mass is 318 g/mol. The predicted molar refractivity (Wildman–Crippen MR) is 63.6 cm³/mol. The molecule has 70 valence electrons. The predicted octanol–water partition coefficient (Wildman–Crippen LogP) is 3.50. The summed E-state index contributed by atoms with van der Waals surface area (Å²) >= 11 is 2.09. The van der Waals surface area contributed by atoms with Gasteiger partial charge in [0, 0.05) is 41.9 Å². The van der Waals surface area contributed by atoms with Gasteiger partial charge < -0.3 is 0 Å². The van der Waals surface area contributed by atoms with E-state index in [0.717, 1.165) is 0 Å². The molecule has 0 aliphatic heterocycles. The van der Waals surface area contributed by atoms with Crippen LogP contribution >= 0.6 is 30.3 Å². The van der Waals surface area contributed by atoms with E-state index >= 15 is 0 Å². The zero-order valence-corrected chi connectivity index (χ0v) is 9.84. The Morgan fingerprint density at radius 3 is 2.86 bits per heavy atom. The second-order valence-electron chi connectivity index (χ2n) is 2.68. The van der Waals surface area contributed by atoms with E-state index in [1.54, 1.807) is 16.2 Å². The summed E-state index contributed by atoms with van der Waals surface area (Å²) in [6.07, 6.45) is 1.76. The molecule has 0 radical (unpaired) electrons. The molecule has 0 bridgehead atoms. The number of nitrogens with zero attached hydrogens (tertiary/aromatic N) is 2. The Morgan fingerprint density at radius 1 is 1.43 bits per heavy atom. The average Bonchev–Trinajstić information content (AvgIpc) is 2.63. The molecule has 0 aliphatic rings. The Kier molecular flexibility index (Phi) is 2.65. The fourth-order valence-corrected chi connectivity index (χ4v) is 2.70. The van der Waals surface area contributed by atoms with Gasteiger partial charge >= 0.3 is 0 Å². The van der Waals surface area contributed by atoms with Crippen molar-refractivity contribution in [2.75, 3.05) is 0 Å². The molecule has 1 heterocycles. The fraction of sp³-hybridized carbons (Fsp3) is 0. The third-order valence-corrected chi connectivity index (χ3v) is 3.68. The Hall–Kier alpha value is -0.740. The van der Waals surface area contributed by atoms with Gasteiger partial charge in [-0.25, -0.2) is 4.39 Å². The van der Waals surface area contributed by atoms with Gasteiger partial charge in [-0.3, -0.25) is 3.97 Å². The van der Waals surface area contributed by atoms with Gasteiger partial charge in [-0.2, -0.15) is 5.26 Å². The lowest BCUT2D eigenvalue weighted by Crippen LogP contribution is -1.86. The smallest absolute Gasteiger partial charge is 0.132 e. The second-order valence-corrected chi connectivity index (χ2v) is 4.39. The molecule has 0 amide bonds. The van der Waals surface area contributed by atoms with Crippen LogP contribution in [0.3, 0.4) is 0 Å². The van der Waals surface area contributed by atoms with Crippen molar-refractivity contribution in [3.63, 3.8) is 0 Å². The number of halogens is 2. The maximum atomic E-state index is 13.3. The zero-order valence-electron chi connectivity index (χ0n) is 6.87. The summed E-state index contributed by atoms with van der Waals surface area (Å²) in [6.45, 7) is 0. The van der Waals surface area contributed by atoms with Crippen molar-refractivity contribution in [1.29, 1.82) is 5.26 Å². The Bertz CT molecular complexity index is 529. The molecule has 0 unspecified atom stereocenters. The number of benzene rings is 1. The number of hydrogen-bond acceptors (Lipinski definition) is 2. The molecule has 2 rings (SSSR count). The first-order valence-electron chi connectivity index (χ1n) is 3.76. The highest BCUT2D eigenvalue weighted by Gasteiger charge is 2.10. The minimum Gasteiger partial charge on any atom is -0.281 e. The van der Waals surface area contributed by atoms with Crippen LogP contribution in [-0.4, -0.2) is 3.97 Å². The summed E-state index contributed by atoms with van der Waals surface area (Å²) in [7, 11) is 1.41. The maximum Gasteiger partial charge on any atom is 0.132 e. The minimum atomic E-state index is -0.289. The van der Waals surface area contributed by atoms with E-state index in [1.165, 1.54) is 21.3 Å². The molecular weight excluding hydrogens is 314 g/mol. The van der Waals surface area contributed by atoms with E-state index in [2.05, 4.69) is 27.3 Å². The van der Waals surface area contributed by atoms with Crippen LogP contribution in [0.25, 0.3) is 10.9 Å². The lowest BCUT2D eigenvalue weighted by atomic mass is 10.1. The third-order valence-electron chi connectivity index (χ3n) is 1.96. The fourth-order valence-electron chi connectivity index (χ4n) is 1.34. The molecule has 1 aromatic carbocycles. The molecule has 5 heteroatoms. The molecule has 2 nitrogen and oxygen atoms in total. The quantitative estimate of drug-likeness (QED) is 0.753. The van der Waals surface area contributed by atoms with Gasteiger partial charge in [0.15, 0.2) is 0 Å². The lowest BCUT2D eigenvalue weighted by molar-refractivity contribution is 0.640. The average molecular weight is 318 g/mol. The molecule has 2 aromatic rings. The highest BCUT2D eigenvalue weighted by atomic mass is 127. The molecular formula is C9H4FIN2S. The Labute approximate surface area is 96.4 Å². The van der Waals surface area contributed by atoms with Gasteiger partial charge in [0.1, 0.15) is 11.9 Å². The van der Waals surface area contributed by atoms with Crippen molar-refractivity contribution < 1.29 is 4.39 Å².